The van der Waals surface area contributed by atoms with Gasteiger partial charge in [-0.05, 0) is 38.0 Å². The highest BCUT2D eigenvalue weighted by atomic mass is 32.2. The van der Waals surface area contributed by atoms with Crippen molar-refractivity contribution in [2.24, 2.45) is 0 Å². The fraction of sp³-hybridized carbons (Fsp3) is 0.583. The van der Waals surface area contributed by atoms with Crippen molar-refractivity contribution in [1.82, 2.24) is 0 Å². The summed E-state index contributed by atoms with van der Waals surface area (Å²) >= 11 is 1.60. The second kappa shape index (κ2) is 7.57. The zero-order valence-corrected chi connectivity index (χ0v) is 10.0. The molecule has 2 nitrogen and oxygen atoms in total. The fourth-order valence-corrected chi connectivity index (χ4v) is 2.27. The van der Waals surface area contributed by atoms with E-state index < -0.39 is 0 Å². The molecule has 0 aliphatic carbocycles. The maximum atomic E-state index is 11.5. The number of carbonyl (C=O) groups is 1. The SMILES string of the molecule is CCOC(=O)/C1=C/C=C\CCCCCS1. The van der Waals surface area contributed by atoms with Crippen LogP contribution in [0.4, 0.5) is 0 Å². The maximum absolute atomic E-state index is 11.5. The number of hydrogen-bond donors (Lipinski definition) is 0. The van der Waals surface area contributed by atoms with Gasteiger partial charge >= 0.3 is 5.97 Å². The largest absolute Gasteiger partial charge is 0.462 e. The lowest BCUT2D eigenvalue weighted by atomic mass is 10.2. The summed E-state index contributed by atoms with van der Waals surface area (Å²) in [6, 6.07) is 0. The van der Waals surface area contributed by atoms with Gasteiger partial charge in [0.1, 0.15) is 0 Å². The number of ether oxygens (including phenoxy) is 1. The first-order chi connectivity index (χ1) is 7.34. The zero-order chi connectivity index (χ0) is 10.9. The quantitative estimate of drug-likeness (QED) is 0.676. The van der Waals surface area contributed by atoms with Gasteiger partial charge in [-0.25, -0.2) is 4.79 Å². The third-order valence-corrected chi connectivity index (χ3v) is 3.24. The Hall–Kier alpha value is -0.700. The highest BCUT2D eigenvalue weighted by molar-refractivity contribution is 8.03. The first-order valence-corrected chi connectivity index (χ1v) is 6.50. The van der Waals surface area contributed by atoms with Crippen molar-refractivity contribution < 1.29 is 9.53 Å². The number of carbonyl (C=O) groups excluding carboxylic acids is 1. The van der Waals surface area contributed by atoms with Gasteiger partial charge in [0, 0.05) is 0 Å². The van der Waals surface area contributed by atoms with Gasteiger partial charge in [0.15, 0.2) is 0 Å². The molecular formula is C12H18O2S. The van der Waals surface area contributed by atoms with Gasteiger partial charge in [0.25, 0.3) is 0 Å². The Morgan fingerprint density at radius 2 is 2.33 bits per heavy atom. The van der Waals surface area contributed by atoms with Crippen LogP contribution in [0.1, 0.15) is 32.6 Å². The van der Waals surface area contributed by atoms with Crippen LogP contribution in [0.3, 0.4) is 0 Å². The van der Waals surface area contributed by atoms with E-state index >= 15 is 0 Å². The van der Waals surface area contributed by atoms with Crippen LogP contribution in [0, 0.1) is 0 Å². The molecule has 0 spiro atoms. The molecule has 0 saturated heterocycles. The van der Waals surface area contributed by atoms with Crippen LogP contribution in [-0.2, 0) is 9.53 Å². The van der Waals surface area contributed by atoms with E-state index in [2.05, 4.69) is 6.08 Å². The molecule has 0 unspecified atom stereocenters. The van der Waals surface area contributed by atoms with Gasteiger partial charge in [-0.2, -0.15) is 0 Å². The number of allylic oxidation sites excluding steroid dienone is 3. The maximum Gasteiger partial charge on any atom is 0.344 e. The smallest absolute Gasteiger partial charge is 0.344 e. The topological polar surface area (TPSA) is 26.3 Å². The Morgan fingerprint density at radius 1 is 1.47 bits per heavy atom. The lowest BCUT2D eigenvalue weighted by Crippen LogP contribution is -2.05. The minimum absolute atomic E-state index is 0.187. The van der Waals surface area contributed by atoms with Crippen molar-refractivity contribution in [1.29, 1.82) is 0 Å². The molecule has 0 radical (unpaired) electrons. The van der Waals surface area contributed by atoms with Crippen LogP contribution < -0.4 is 0 Å². The molecule has 1 aliphatic rings. The Balaban J connectivity index is 2.59. The third-order valence-electron chi connectivity index (χ3n) is 2.13. The van der Waals surface area contributed by atoms with Crippen LogP contribution in [0.15, 0.2) is 23.1 Å². The van der Waals surface area contributed by atoms with Crippen LogP contribution in [0.2, 0.25) is 0 Å². The van der Waals surface area contributed by atoms with Gasteiger partial charge in [-0.1, -0.05) is 18.6 Å². The summed E-state index contributed by atoms with van der Waals surface area (Å²) in [6.07, 6.45) is 10.7. The van der Waals surface area contributed by atoms with E-state index in [0.717, 1.165) is 17.1 Å². The molecule has 0 amide bonds. The molecule has 0 saturated carbocycles. The second-order valence-corrected chi connectivity index (χ2v) is 4.51. The molecule has 0 aromatic rings. The summed E-state index contributed by atoms with van der Waals surface area (Å²) < 4.78 is 4.99. The molecule has 0 aromatic carbocycles. The van der Waals surface area contributed by atoms with E-state index in [1.807, 2.05) is 19.1 Å². The van der Waals surface area contributed by atoms with E-state index in [9.17, 15) is 4.79 Å². The van der Waals surface area contributed by atoms with Crippen LogP contribution in [-0.4, -0.2) is 18.3 Å². The van der Waals surface area contributed by atoms with Crippen molar-refractivity contribution in [3.8, 4) is 0 Å². The number of rotatable bonds is 2. The third kappa shape index (κ3) is 5.07. The molecule has 0 fully saturated rings. The van der Waals surface area contributed by atoms with Crippen molar-refractivity contribution in [2.45, 2.75) is 32.6 Å². The second-order valence-electron chi connectivity index (χ2n) is 3.38. The molecule has 0 bridgehead atoms. The van der Waals surface area contributed by atoms with Gasteiger partial charge < -0.3 is 4.74 Å². The standard InChI is InChI=1S/C12H18O2S/c1-2-14-12(13)11-9-7-5-3-4-6-8-10-15-11/h5,7,9H,2-4,6,8,10H2,1H3/b7-5-,11-9-. The summed E-state index contributed by atoms with van der Waals surface area (Å²) in [7, 11) is 0. The summed E-state index contributed by atoms with van der Waals surface area (Å²) in [6.45, 7) is 2.28. The lowest BCUT2D eigenvalue weighted by molar-refractivity contribution is -0.137. The lowest BCUT2D eigenvalue weighted by Gasteiger charge is -2.07. The van der Waals surface area contributed by atoms with Crippen molar-refractivity contribution >= 4 is 17.7 Å². The van der Waals surface area contributed by atoms with Gasteiger partial charge in [-0.3, -0.25) is 0 Å². The van der Waals surface area contributed by atoms with Crippen molar-refractivity contribution in [2.75, 3.05) is 12.4 Å². The van der Waals surface area contributed by atoms with Crippen LogP contribution >= 0.6 is 11.8 Å². The Kier molecular flexibility index (Phi) is 6.25. The average Bonchev–Trinajstić information content (AvgIpc) is 2.26. The first kappa shape index (κ1) is 12.4. The average molecular weight is 226 g/mol. The summed E-state index contributed by atoms with van der Waals surface area (Å²) in [4.78, 5) is 12.2. The molecule has 1 rings (SSSR count). The fourth-order valence-electron chi connectivity index (χ4n) is 1.35. The molecule has 0 atom stereocenters. The highest BCUT2D eigenvalue weighted by Crippen LogP contribution is 2.21. The molecule has 0 N–H and O–H groups in total. The summed E-state index contributed by atoms with van der Waals surface area (Å²) in [5.41, 5.74) is 0. The van der Waals surface area contributed by atoms with Gasteiger partial charge in [0.05, 0.1) is 11.5 Å². The predicted molar refractivity (Wildman–Crippen MR) is 64.8 cm³/mol. The molecule has 3 heteroatoms. The van der Waals surface area contributed by atoms with E-state index in [4.69, 9.17) is 4.74 Å². The van der Waals surface area contributed by atoms with Crippen molar-refractivity contribution in [3.63, 3.8) is 0 Å². The summed E-state index contributed by atoms with van der Waals surface area (Å²) in [5, 5.41) is 0. The number of esters is 1. The zero-order valence-electron chi connectivity index (χ0n) is 9.20. The van der Waals surface area contributed by atoms with E-state index in [1.54, 1.807) is 11.8 Å². The Bertz CT molecular complexity index is 256. The van der Waals surface area contributed by atoms with E-state index in [1.165, 1.54) is 19.3 Å². The molecule has 1 aliphatic heterocycles. The number of hydrogen-bond acceptors (Lipinski definition) is 3. The van der Waals surface area contributed by atoms with E-state index in [0.29, 0.717) is 6.61 Å². The van der Waals surface area contributed by atoms with Crippen LogP contribution in [0.25, 0.3) is 0 Å². The minimum atomic E-state index is -0.187. The molecule has 1 heterocycles. The molecule has 84 valence electrons. The Labute approximate surface area is 95.8 Å². The number of thioether (sulfide) groups is 1. The molecule has 15 heavy (non-hydrogen) atoms. The van der Waals surface area contributed by atoms with Crippen molar-refractivity contribution in [3.05, 3.63) is 23.1 Å². The minimum Gasteiger partial charge on any atom is -0.462 e. The highest BCUT2D eigenvalue weighted by Gasteiger charge is 2.10. The molecular weight excluding hydrogens is 208 g/mol. The Morgan fingerprint density at radius 3 is 3.13 bits per heavy atom. The summed E-state index contributed by atoms with van der Waals surface area (Å²) in [5.74, 6) is 0.825. The normalized spacial score (nSPS) is 23.7. The first-order valence-electron chi connectivity index (χ1n) is 5.51. The van der Waals surface area contributed by atoms with E-state index in [-0.39, 0.29) is 5.97 Å². The van der Waals surface area contributed by atoms with Gasteiger partial charge in [-0.15, -0.1) is 11.8 Å². The predicted octanol–water partition coefficient (Wildman–Crippen LogP) is 3.30. The van der Waals surface area contributed by atoms with Crippen LogP contribution in [0.5, 0.6) is 0 Å². The monoisotopic (exact) mass is 226 g/mol. The van der Waals surface area contributed by atoms with Gasteiger partial charge in [0.2, 0.25) is 0 Å². The molecule has 0 aromatic heterocycles.